The van der Waals surface area contributed by atoms with Gasteiger partial charge in [0.1, 0.15) is 5.75 Å². The maximum absolute atomic E-state index is 12.4. The van der Waals surface area contributed by atoms with E-state index < -0.39 is 12.0 Å². The minimum Gasteiger partial charge on any atom is -0.484 e. The van der Waals surface area contributed by atoms with Gasteiger partial charge >= 0.3 is 0 Å². The Labute approximate surface area is 187 Å². The van der Waals surface area contributed by atoms with Crippen molar-refractivity contribution in [3.8, 4) is 5.75 Å². The summed E-state index contributed by atoms with van der Waals surface area (Å²) < 4.78 is 5.57. The molecule has 3 N–H and O–H groups in total. The first-order valence-corrected chi connectivity index (χ1v) is 10.6. The van der Waals surface area contributed by atoms with E-state index in [4.69, 9.17) is 4.74 Å². The SMILES string of the molecule is Cc1ccc(C)c(NC(=O)COc2ccc(N3C[C@@H](C(=O)NC[C@H](C)O)CC3=O)cc2)c1. The maximum Gasteiger partial charge on any atom is 0.262 e. The Hall–Kier alpha value is -3.39. The Kier molecular flexibility index (Phi) is 7.48. The largest absolute Gasteiger partial charge is 0.484 e. The number of hydrogen-bond acceptors (Lipinski definition) is 5. The molecule has 1 aliphatic heterocycles. The lowest BCUT2D eigenvalue weighted by Crippen LogP contribution is -2.36. The molecule has 0 aromatic heterocycles. The van der Waals surface area contributed by atoms with Gasteiger partial charge in [-0.1, -0.05) is 12.1 Å². The van der Waals surface area contributed by atoms with Gasteiger partial charge < -0.3 is 25.4 Å². The van der Waals surface area contributed by atoms with E-state index in [1.54, 1.807) is 36.1 Å². The summed E-state index contributed by atoms with van der Waals surface area (Å²) in [5.74, 6) is -0.586. The number of aliphatic hydroxyl groups is 1. The fraction of sp³-hybridized carbons (Fsp3) is 0.375. The number of benzene rings is 2. The van der Waals surface area contributed by atoms with Crippen LogP contribution in [0.5, 0.6) is 5.75 Å². The molecule has 1 fully saturated rings. The lowest BCUT2D eigenvalue weighted by Gasteiger charge is -2.17. The number of nitrogens with zero attached hydrogens (tertiary/aromatic N) is 1. The number of hydrogen-bond donors (Lipinski definition) is 3. The number of ether oxygens (including phenoxy) is 1. The van der Waals surface area contributed by atoms with E-state index >= 15 is 0 Å². The average Bonchev–Trinajstić information content (AvgIpc) is 3.15. The van der Waals surface area contributed by atoms with Crippen LogP contribution in [-0.4, -0.2) is 48.6 Å². The van der Waals surface area contributed by atoms with E-state index in [1.165, 1.54) is 0 Å². The quantitative estimate of drug-likeness (QED) is 0.584. The molecule has 3 amide bonds. The standard InChI is InChI=1S/C24H29N3O5/c1-15-4-5-16(2)21(10-15)26-22(29)14-32-20-8-6-19(7-9-20)27-13-18(11-23(27)30)24(31)25-12-17(3)28/h4-10,17-18,28H,11-14H2,1-3H3,(H,25,31)(H,26,29)/t17-,18-/m0/s1. The Morgan fingerprint density at radius 1 is 1.19 bits per heavy atom. The monoisotopic (exact) mass is 439 g/mol. The van der Waals surface area contributed by atoms with Crippen LogP contribution in [0.25, 0.3) is 0 Å². The van der Waals surface area contributed by atoms with Crippen molar-refractivity contribution in [3.63, 3.8) is 0 Å². The van der Waals surface area contributed by atoms with Crippen LogP contribution in [0.15, 0.2) is 42.5 Å². The Morgan fingerprint density at radius 2 is 1.91 bits per heavy atom. The molecule has 0 saturated carbocycles. The molecule has 0 bridgehead atoms. The second-order valence-electron chi connectivity index (χ2n) is 8.15. The molecule has 2 atom stereocenters. The van der Waals surface area contributed by atoms with E-state index in [0.29, 0.717) is 11.4 Å². The summed E-state index contributed by atoms with van der Waals surface area (Å²) in [4.78, 5) is 38.3. The summed E-state index contributed by atoms with van der Waals surface area (Å²) in [6, 6.07) is 12.7. The van der Waals surface area contributed by atoms with Gasteiger partial charge in [0.25, 0.3) is 5.91 Å². The van der Waals surface area contributed by atoms with Gasteiger partial charge in [-0.15, -0.1) is 0 Å². The van der Waals surface area contributed by atoms with Crippen molar-refractivity contribution < 1.29 is 24.2 Å². The number of rotatable bonds is 8. The summed E-state index contributed by atoms with van der Waals surface area (Å²) in [6.07, 6.45) is -0.509. The van der Waals surface area contributed by atoms with Gasteiger partial charge in [-0.05, 0) is 62.2 Å². The molecule has 0 radical (unpaired) electrons. The molecule has 0 spiro atoms. The van der Waals surface area contributed by atoms with E-state index in [0.717, 1.165) is 16.8 Å². The van der Waals surface area contributed by atoms with Gasteiger partial charge in [-0.25, -0.2) is 0 Å². The normalized spacial score (nSPS) is 16.6. The average molecular weight is 440 g/mol. The number of carbonyl (C=O) groups excluding carboxylic acids is 3. The molecule has 3 rings (SSSR count). The molecule has 2 aromatic rings. The van der Waals surface area contributed by atoms with Crippen LogP contribution in [0.1, 0.15) is 24.5 Å². The summed E-state index contributed by atoms with van der Waals surface area (Å²) >= 11 is 0. The van der Waals surface area contributed by atoms with Crippen LogP contribution in [0.2, 0.25) is 0 Å². The van der Waals surface area contributed by atoms with Crippen molar-refractivity contribution >= 4 is 29.1 Å². The topological polar surface area (TPSA) is 108 Å². The third kappa shape index (κ3) is 6.07. The van der Waals surface area contributed by atoms with E-state index in [-0.39, 0.29) is 43.8 Å². The fourth-order valence-corrected chi connectivity index (χ4v) is 3.45. The van der Waals surface area contributed by atoms with Crippen LogP contribution >= 0.6 is 0 Å². The van der Waals surface area contributed by atoms with Gasteiger partial charge in [0.2, 0.25) is 11.8 Å². The minimum atomic E-state index is -0.636. The number of carbonyl (C=O) groups is 3. The van der Waals surface area contributed by atoms with E-state index in [2.05, 4.69) is 10.6 Å². The van der Waals surface area contributed by atoms with Crippen LogP contribution in [-0.2, 0) is 14.4 Å². The van der Waals surface area contributed by atoms with Crippen molar-refractivity contribution in [2.24, 2.45) is 5.92 Å². The third-order valence-corrected chi connectivity index (χ3v) is 5.25. The molecule has 2 aromatic carbocycles. The highest BCUT2D eigenvalue weighted by atomic mass is 16.5. The summed E-state index contributed by atoms with van der Waals surface area (Å²) in [6.45, 7) is 5.78. The highest BCUT2D eigenvalue weighted by Crippen LogP contribution is 2.27. The number of anilines is 2. The Balaban J connectivity index is 1.52. The van der Waals surface area contributed by atoms with Crippen molar-refractivity contribution in [3.05, 3.63) is 53.6 Å². The zero-order valence-electron chi connectivity index (χ0n) is 18.6. The van der Waals surface area contributed by atoms with Crippen molar-refractivity contribution in [1.29, 1.82) is 0 Å². The molecule has 8 heteroatoms. The van der Waals surface area contributed by atoms with Crippen molar-refractivity contribution in [2.45, 2.75) is 33.3 Å². The molecular weight excluding hydrogens is 410 g/mol. The second-order valence-corrected chi connectivity index (χ2v) is 8.15. The molecule has 8 nitrogen and oxygen atoms in total. The number of aryl methyl sites for hydroxylation is 2. The van der Waals surface area contributed by atoms with Crippen LogP contribution in [0.3, 0.4) is 0 Å². The predicted molar refractivity (Wildman–Crippen MR) is 122 cm³/mol. The maximum atomic E-state index is 12.4. The number of aliphatic hydroxyl groups excluding tert-OH is 1. The number of amides is 3. The van der Waals surface area contributed by atoms with Crippen molar-refractivity contribution in [2.75, 3.05) is 29.9 Å². The van der Waals surface area contributed by atoms with Crippen LogP contribution in [0, 0.1) is 19.8 Å². The van der Waals surface area contributed by atoms with Crippen LogP contribution < -0.4 is 20.3 Å². The van der Waals surface area contributed by atoms with Gasteiger partial charge in [-0.3, -0.25) is 14.4 Å². The van der Waals surface area contributed by atoms with Crippen LogP contribution in [0.4, 0.5) is 11.4 Å². The first-order valence-electron chi connectivity index (χ1n) is 10.6. The highest BCUT2D eigenvalue weighted by Gasteiger charge is 2.35. The summed E-state index contributed by atoms with van der Waals surface area (Å²) in [5.41, 5.74) is 3.45. The molecule has 1 heterocycles. The predicted octanol–water partition coefficient (Wildman–Crippen LogP) is 2.17. The Bertz CT molecular complexity index is 988. The first-order chi connectivity index (χ1) is 15.2. The van der Waals surface area contributed by atoms with Gasteiger partial charge in [0, 0.05) is 30.9 Å². The smallest absolute Gasteiger partial charge is 0.262 e. The zero-order chi connectivity index (χ0) is 23.3. The van der Waals surface area contributed by atoms with E-state index in [1.807, 2.05) is 32.0 Å². The first kappa shape index (κ1) is 23.3. The van der Waals surface area contributed by atoms with Gasteiger partial charge in [0.15, 0.2) is 6.61 Å². The molecule has 1 aliphatic rings. The minimum absolute atomic E-state index is 0.127. The van der Waals surface area contributed by atoms with Gasteiger partial charge in [-0.2, -0.15) is 0 Å². The molecule has 32 heavy (non-hydrogen) atoms. The fourth-order valence-electron chi connectivity index (χ4n) is 3.45. The molecular formula is C24H29N3O5. The third-order valence-electron chi connectivity index (χ3n) is 5.25. The van der Waals surface area contributed by atoms with E-state index in [9.17, 15) is 19.5 Å². The molecule has 0 unspecified atom stereocenters. The van der Waals surface area contributed by atoms with Gasteiger partial charge in [0.05, 0.1) is 12.0 Å². The molecule has 0 aliphatic carbocycles. The second kappa shape index (κ2) is 10.3. The summed E-state index contributed by atoms with van der Waals surface area (Å²) in [5, 5.41) is 14.8. The Morgan fingerprint density at radius 3 is 2.59 bits per heavy atom. The highest BCUT2D eigenvalue weighted by molar-refractivity contribution is 6.00. The summed E-state index contributed by atoms with van der Waals surface area (Å²) in [7, 11) is 0. The lowest BCUT2D eigenvalue weighted by atomic mass is 10.1. The molecule has 1 saturated heterocycles. The van der Waals surface area contributed by atoms with Crippen molar-refractivity contribution in [1.82, 2.24) is 5.32 Å². The lowest BCUT2D eigenvalue weighted by molar-refractivity contribution is -0.126. The molecule has 170 valence electrons. The zero-order valence-corrected chi connectivity index (χ0v) is 18.6. The number of nitrogens with one attached hydrogen (secondary N) is 2.